The normalized spacial score (nSPS) is 11.5. The first-order valence-electron chi connectivity index (χ1n) is 7.30. The fourth-order valence-corrected chi connectivity index (χ4v) is 2.32. The molecule has 1 amide bonds. The summed E-state index contributed by atoms with van der Waals surface area (Å²) in [7, 11) is 0. The van der Waals surface area contributed by atoms with Gasteiger partial charge in [-0.25, -0.2) is 31.5 Å². The summed E-state index contributed by atoms with van der Waals surface area (Å²) in [5.41, 5.74) is -1.84. The van der Waals surface area contributed by atoms with E-state index in [1.807, 2.05) is 0 Å². The van der Waals surface area contributed by atoms with E-state index in [9.17, 15) is 26.7 Å². The van der Waals surface area contributed by atoms with Crippen molar-refractivity contribution in [3.63, 3.8) is 0 Å². The summed E-state index contributed by atoms with van der Waals surface area (Å²) in [6.45, 7) is 1.69. The van der Waals surface area contributed by atoms with E-state index in [1.54, 1.807) is 6.92 Å². The molecule has 0 aliphatic carbocycles. The minimum atomic E-state index is -3.11. The molecule has 136 valence electrons. The summed E-state index contributed by atoms with van der Waals surface area (Å²) in [6.07, 6.45) is -6.17. The zero-order valence-corrected chi connectivity index (χ0v) is 13.2. The van der Waals surface area contributed by atoms with E-state index in [4.69, 9.17) is 0 Å². The van der Waals surface area contributed by atoms with Crippen LogP contribution in [0, 0.1) is 12.7 Å². The van der Waals surface area contributed by atoms with Crippen LogP contribution in [0.1, 0.15) is 40.3 Å². The average molecular weight is 370 g/mol. The number of halogens is 5. The first kappa shape index (κ1) is 17.8. The third kappa shape index (κ3) is 3.35. The van der Waals surface area contributed by atoms with E-state index in [0.717, 1.165) is 12.1 Å². The molecule has 0 radical (unpaired) electrons. The van der Waals surface area contributed by atoms with Crippen LogP contribution in [-0.4, -0.2) is 20.5 Å². The topological polar surface area (TPSA) is 59.3 Å². The molecule has 10 heteroatoms. The number of nitrogens with one attached hydrogen (secondary N) is 1. The maximum absolute atomic E-state index is 13.7. The van der Waals surface area contributed by atoms with Gasteiger partial charge in [0.25, 0.3) is 18.8 Å². The lowest BCUT2D eigenvalue weighted by Crippen LogP contribution is -2.14. The fraction of sp³-hybridized carbons (Fsp3) is 0.188. The Balaban J connectivity index is 2.01. The zero-order chi connectivity index (χ0) is 19.0. The van der Waals surface area contributed by atoms with Crippen molar-refractivity contribution in [2.45, 2.75) is 19.8 Å². The maximum atomic E-state index is 13.7. The van der Waals surface area contributed by atoms with Crippen LogP contribution in [0.3, 0.4) is 0 Å². The molecule has 5 nitrogen and oxygen atoms in total. The van der Waals surface area contributed by atoms with Crippen molar-refractivity contribution >= 4 is 17.2 Å². The third-order valence-corrected chi connectivity index (χ3v) is 3.52. The molecule has 0 fully saturated rings. The zero-order valence-electron chi connectivity index (χ0n) is 13.2. The largest absolute Gasteiger partial charge is 0.318 e. The quantitative estimate of drug-likeness (QED) is 0.697. The van der Waals surface area contributed by atoms with Gasteiger partial charge in [-0.3, -0.25) is 4.79 Å². The Morgan fingerprint density at radius 2 is 1.85 bits per heavy atom. The first-order chi connectivity index (χ1) is 12.3. The number of alkyl halides is 4. The van der Waals surface area contributed by atoms with E-state index in [1.165, 1.54) is 12.1 Å². The molecule has 0 unspecified atom stereocenters. The standard InChI is InChI=1S/C16H11F5N4O/c1-7-2-3-8(17)9(4-7)23-16(26)11-6-13-22-10(14(18)19)5-12(15(20)21)25(13)24-11/h2-6,14-15H,1H3,(H,23,26). The number of benzene rings is 1. The lowest BCUT2D eigenvalue weighted by atomic mass is 10.2. The molecule has 0 aliphatic heterocycles. The Bertz CT molecular complexity index is 986. The van der Waals surface area contributed by atoms with Gasteiger partial charge in [-0.15, -0.1) is 0 Å². The van der Waals surface area contributed by atoms with Crippen LogP contribution < -0.4 is 5.32 Å². The Hall–Kier alpha value is -3.04. The highest BCUT2D eigenvalue weighted by molar-refractivity contribution is 6.03. The molecule has 3 rings (SSSR count). The number of hydrogen-bond donors (Lipinski definition) is 1. The Kier molecular flexibility index (Phi) is 4.58. The highest BCUT2D eigenvalue weighted by atomic mass is 19.3. The number of hydrogen-bond acceptors (Lipinski definition) is 3. The molecule has 3 aromatic rings. The molecule has 26 heavy (non-hydrogen) atoms. The lowest BCUT2D eigenvalue weighted by molar-refractivity contribution is 0.102. The van der Waals surface area contributed by atoms with Gasteiger partial charge in [0.15, 0.2) is 11.3 Å². The van der Waals surface area contributed by atoms with E-state index in [-0.39, 0.29) is 17.0 Å². The fourth-order valence-electron chi connectivity index (χ4n) is 2.32. The highest BCUT2D eigenvalue weighted by Gasteiger charge is 2.22. The van der Waals surface area contributed by atoms with Crippen LogP contribution >= 0.6 is 0 Å². The van der Waals surface area contributed by atoms with Crippen molar-refractivity contribution in [3.8, 4) is 0 Å². The van der Waals surface area contributed by atoms with Gasteiger partial charge in [-0.1, -0.05) is 6.07 Å². The van der Waals surface area contributed by atoms with Crippen molar-refractivity contribution < 1.29 is 26.7 Å². The number of carbonyl (C=O) groups is 1. The van der Waals surface area contributed by atoms with Crippen molar-refractivity contribution in [1.82, 2.24) is 14.6 Å². The van der Waals surface area contributed by atoms with E-state index in [2.05, 4.69) is 15.4 Å². The second-order valence-corrected chi connectivity index (χ2v) is 5.44. The number of amides is 1. The van der Waals surface area contributed by atoms with Crippen molar-refractivity contribution in [3.05, 3.63) is 58.8 Å². The molecule has 2 heterocycles. The van der Waals surface area contributed by atoms with Crippen molar-refractivity contribution in [2.75, 3.05) is 5.32 Å². The van der Waals surface area contributed by atoms with Crippen LogP contribution in [0.2, 0.25) is 0 Å². The Morgan fingerprint density at radius 1 is 1.12 bits per heavy atom. The summed E-state index contributed by atoms with van der Waals surface area (Å²) in [6, 6.07) is 5.53. The SMILES string of the molecule is Cc1ccc(F)c(NC(=O)c2cc3nc(C(F)F)cc(C(F)F)n3n2)c1. The Morgan fingerprint density at radius 3 is 2.50 bits per heavy atom. The number of anilines is 1. The molecule has 0 aliphatic rings. The highest BCUT2D eigenvalue weighted by Crippen LogP contribution is 2.25. The Labute approximate surface area is 143 Å². The molecular formula is C16H11F5N4O. The third-order valence-electron chi connectivity index (χ3n) is 3.52. The summed E-state index contributed by atoms with van der Waals surface area (Å²) in [5, 5.41) is 5.94. The first-order valence-corrected chi connectivity index (χ1v) is 7.30. The van der Waals surface area contributed by atoms with E-state index in [0.29, 0.717) is 16.1 Å². The van der Waals surface area contributed by atoms with Crippen LogP contribution in [0.25, 0.3) is 5.65 Å². The van der Waals surface area contributed by atoms with Gasteiger partial charge in [-0.2, -0.15) is 5.10 Å². The van der Waals surface area contributed by atoms with Crippen molar-refractivity contribution in [1.29, 1.82) is 0 Å². The van der Waals surface area contributed by atoms with Gasteiger partial charge in [0.1, 0.15) is 17.2 Å². The second kappa shape index (κ2) is 6.70. The summed E-state index contributed by atoms with van der Waals surface area (Å²) in [5.74, 6) is -1.59. The molecule has 1 aromatic carbocycles. The van der Waals surface area contributed by atoms with Crippen LogP contribution in [0.5, 0.6) is 0 Å². The smallest absolute Gasteiger partial charge is 0.280 e. The minimum absolute atomic E-state index is 0.123. The van der Waals surface area contributed by atoms with Gasteiger partial charge < -0.3 is 5.32 Å². The second-order valence-electron chi connectivity index (χ2n) is 5.44. The van der Waals surface area contributed by atoms with Crippen LogP contribution in [0.4, 0.5) is 27.6 Å². The summed E-state index contributed by atoms with van der Waals surface area (Å²) in [4.78, 5) is 15.8. The number of aryl methyl sites for hydroxylation is 1. The summed E-state index contributed by atoms with van der Waals surface area (Å²) < 4.78 is 66.2. The molecular weight excluding hydrogens is 359 g/mol. The number of fused-ring (bicyclic) bond motifs is 1. The van der Waals surface area contributed by atoms with Crippen molar-refractivity contribution in [2.24, 2.45) is 0 Å². The van der Waals surface area contributed by atoms with Crippen LogP contribution in [-0.2, 0) is 0 Å². The lowest BCUT2D eigenvalue weighted by Gasteiger charge is -2.06. The van der Waals surface area contributed by atoms with Gasteiger partial charge in [0.05, 0.1) is 5.69 Å². The predicted octanol–water partition coefficient (Wildman–Crippen LogP) is 4.30. The monoisotopic (exact) mass is 370 g/mol. The molecule has 0 saturated carbocycles. The number of nitrogens with zero attached hydrogens (tertiary/aromatic N) is 3. The molecule has 2 aromatic heterocycles. The molecule has 0 saturated heterocycles. The molecule has 0 spiro atoms. The van der Waals surface area contributed by atoms with Gasteiger partial charge in [0.2, 0.25) is 0 Å². The molecule has 0 bridgehead atoms. The van der Waals surface area contributed by atoms with Gasteiger partial charge in [0, 0.05) is 6.07 Å². The minimum Gasteiger partial charge on any atom is -0.318 e. The van der Waals surface area contributed by atoms with E-state index >= 15 is 0 Å². The average Bonchev–Trinajstić information content (AvgIpc) is 3.01. The number of aromatic nitrogens is 3. The summed E-state index contributed by atoms with van der Waals surface area (Å²) >= 11 is 0. The van der Waals surface area contributed by atoms with Gasteiger partial charge in [-0.05, 0) is 30.7 Å². The molecule has 1 N–H and O–H groups in total. The van der Waals surface area contributed by atoms with Crippen LogP contribution in [0.15, 0.2) is 30.3 Å². The predicted molar refractivity (Wildman–Crippen MR) is 82.0 cm³/mol. The maximum Gasteiger partial charge on any atom is 0.280 e. The number of carbonyl (C=O) groups excluding carboxylic acids is 1. The number of rotatable bonds is 4. The van der Waals surface area contributed by atoms with E-state index < -0.39 is 36.0 Å². The van der Waals surface area contributed by atoms with Gasteiger partial charge >= 0.3 is 0 Å². The molecule has 0 atom stereocenters.